The van der Waals surface area contributed by atoms with Crippen LogP contribution in [0.4, 0.5) is 0 Å². The second kappa shape index (κ2) is 5.97. The first-order valence-electron chi connectivity index (χ1n) is 5.42. The Morgan fingerprint density at radius 1 is 1.41 bits per heavy atom. The second-order valence-corrected chi connectivity index (χ2v) is 6.34. The summed E-state index contributed by atoms with van der Waals surface area (Å²) in [6, 6.07) is 3.35. The molecule has 0 aromatic carbocycles. The Kier molecular flexibility index (Phi) is 4.89. The van der Waals surface area contributed by atoms with Gasteiger partial charge >= 0.3 is 0 Å². The predicted octanol–water partition coefficient (Wildman–Crippen LogP) is 0.620. The molecule has 2 N–H and O–H groups in total. The van der Waals surface area contributed by atoms with Gasteiger partial charge in [-0.2, -0.15) is 0 Å². The highest BCUT2D eigenvalue weighted by molar-refractivity contribution is 7.90. The van der Waals surface area contributed by atoms with Crippen molar-refractivity contribution in [1.29, 1.82) is 0 Å². The minimum atomic E-state index is -2.89. The molecule has 1 rings (SSSR count). The summed E-state index contributed by atoms with van der Waals surface area (Å²) in [5.74, 6) is 0.332. The molecule has 0 saturated carbocycles. The number of rotatable bonds is 6. The quantitative estimate of drug-likeness (QED) is 0.731. The van der Waals surface area contributed by atoms with E-state index in [0.717, 1.165) is 5.69 Å². The number of sulfone groups is 1. The Morgan fingerprint density at radius 2 is 2.12 bits per heavy atom. The number of hydrogen-bond donors (Lipinski definition) is 2. The fourth-order valence-corrected chi connectivity index (χ4v) is 2.07. The van der Waals surface area contributed by atoms with Crippen molar-refractivity contribution in [2.24, 2.45) is 0 Å². The first-order valence-corrected chi connectivity index (χ1v) is 7.48. The third-order valence-corrected chi connectivity index (χ3v) is 3.28. The third-order valence-electron chi connectivity index (χ3n) is 2.25. The SMILES string of the molecule is Cc1ccc(O)c(CNCCCS(C)(=O)=O)n1. The number of nitrogens with zero attached hydrogens (tertiary/aromatic N) is 1. The molecule has 0 aliphatic heterocycles. The van der Waals surface area contributed by atoms with Gasteiger partial charge in [0.1, 0.15) is 15.6 Å². The van der Waals surface area contributed by atoms with Crippen molar-refractivity contribution in [3.05, 3.63) is 23.5 Å². The van der Waals surface area contributed by atoms with Crippen LogP contribution >= 0.6 is 0 Å². The number of aryl methyl sites for hydroxylation is 1. The maximum Gasteiger partial charge on any atom is 0.147 e. The summed E-state index contributed by atoms with van der Waals surface area (Å²) >= 11 is 0. The summed E-state index contributed by atoms with van der Waals surface area (Å²) in [5.41, 5.74) is 1.43. The highest BCUT2D eigenvalue weighted by atomic mass is 32.2. The fourth-order valence-electron chi connectivity index (χ4n) is 1.40. The van der Waals surface area contributed by atoms with Gasteiger partial charge in [-0.05, 0) is 32.0 Å². The number of pyridine rings is 1. The molecule has 1 aromatic rings. The van der Waals surface area contributed by atoms with Gasteiger partial charge in [0, 0.05) is 18.5 Å². The van der Waals surface area contributed by atoms with Crippen LogP contribution in [0, 0.1) is 6.92 Å². The van der Waals surface area contributed by atoms with Gasteiger partial charge in [-0.3, -0.25) is 4.98 Å². The largest absolute Gasteiger partial charge is 0.506 e. The van der Waals surface area contributed by atoms with Gasteiger partial charge in [0.15, 0.2) is 0 Å². The van der Waals surface area contributed by atoms with Crippen molar-refractivity contribution < 1.29 is 13.5 Å². The molecule has 0 aliphatic rings. The maximum atomic E-state index is 10.9. The molecule has 0 fully saturated rings. The van der Waals surface area contributed by atoms with Crippen molar-refractivity contribution in [3.8, 4) is 5.75 Å². The van der Waals surface area contributed by atoms with E-state index < -0.39 is 9.84 Å². The van der Waals surface area contributed by atoms with Gasteiger partial charge in [0.2, 0.25) is 0 Å². The second-order valence-electron chi connectivity index (χ2n) is 4.08. The molecule has 0 bridgehead atoms. The van der Waals surface area contributed by atoms with Gasteiger partial charge in [-0.15, -0.1) is 0 Å². The van der Waals surface area contributed by atoms with Crippen LogP contribution < -0.4 is 5.32 Å². The molecule has 96 valence electrons. The zero-order valence-corrected chi connectivity index (χ0v) is 10.9. The molecule has 6 heteroatoms. The molecule has 0 amide bonds. The molecule has 1 heterocycles. The lowest BCUT2D eigenvalue weighted by Gasteiger charge is -2.06. The maximum absolute atomic E-state index is 10.9. The van der Waals surface area contributed by atoms with Crippen LogP contribution in [0.15, 0.2) is 12.1 Å². The normalized spacial score (nSPS) is 11.6. The van der Waals surface area contributed by atoms with E-state index in [9.17, 15) is 13.5 Å². The Hall–Kier alpha value is -1.14. The van der Waals surface area contributed by atoms with Crippen molar-refractivity contribution in [2.75, 3.05) is 18.6 Å². The average Bonchev–Trinajstić information content (AvgIpc) is 2.21. The minimum absolute atomic E-state index is 0.159. The van der Waals surface area contributed by atoms with Gasteiger partial charge in [0.05, 0.1) is 11.4 Å². The molecular weight excluding hydrogens is 240 g/mol. The molecular formula is C11H18N2O3S. The van der Waals surface area contributed by atoms with E-state index in [2.05, 4.69) is 10.3 Å². The van der Waals surface area contributed by atoms with Crippen LogP contribution in [0.25, 0.3) is 0 Å². The molecule has 17 heavy (non-hydrogen) atoms. The highest BCUT2D eigenvalue weighted by Crippen LogP contribution is 2.13. The summed E-state index contributed by atoms with van der Waals surface area (Å²) < 4.78 is 21.8. The molecule has 0 atom stereocenters. The fraction of sp³-hybridized carbons (Fsp3) is 0.545. The van der Waals surface area contributed by atoms with Crippen LogP contribution in [0.2, 0.25) is 0 Å². The zero-order valence-electron chi connectivity index (χ0n) is 10.1. The van der Waals surface area contributed by atoms with E-state index in [4.69, 9.17) is 0 Å². The first kappa shape index (κ1) is 13.9. The van der Waals surface area contributed by atoms with Crippen molar-refractivity contribution in [2.45, 2.75) is 19.9 Å². The summed E-state index contributed by atoms with van der Waals surface area (Å²) in [6.45, 7) is 2.88. The Labute approximate surface area is 102 Å². The van der Waals surface area contributed by atoms with Gasteiger partial charge in [-0.25, -0.2) is 8.42 Å². The van der Waals surface area contributed by atoms with Gasteiger partial charge < -0.3 is 10.4 Å². The van der Waals surface area contributed by atoms with Crippen molar-refractivity contribution in [3.63, 3.8) is 0 Å². The van der Waals surface area contributed by atoms with Crippen LogP contribution in [0.1, 0.15) is 17.8 Å². The molecule has 1 aromatic heterocycles. The molecule has 5 nitrogen and oxygen atoms in total. The zero-order chi connectivity index (χ0) is 12.9. The summed E-state index contributed by atoms with van der Waals surface area (Å²) in [5, 5.41) is 12.6. The van der Waals surface area contributed by atoms with E-state index in [1.807, 2.05) is 6.92 Å². The Morgan fingerprint density at radius 3 is 2.76 bits per heavy atom. The van der Waals surface area contributed by atoms with Crippen molar-refractivity contribution in [1.82, 2.24) is 10.3 Å². The third kappa shape index (κ3) is 5.65. The van der Waals surface area contributed by atoms with E-state index in [1.54, 1.807) is 12.1 Å². The number of aromatic nitrogens is 1. The lowest BCUT2D eigenvalue weighted by atomic mass is 10.3. The summed E-state index contributed by atoms with van der Waals surface area (Å²) in [6.07, 6.45) is 1.78. The van der Waals surface area contributed by atoms with Crippen molar-refractivity contribution >= 4 is 9.84 Å². The lowest BCUT2D eigenvalue weighted by Crippen LogP contribution is -2.18. The highest BCUT2D eigenvalue weighted by Gasteiger charge is 2.04. The first-order chi connectivity index (χ1) is 7.88. The monoisotopic (exact) mass is 258 g/mol. The van der Waals surface area contributed by atoms with E-state index in [1.165, 1.54) is 6.26 Å². The molecule has 0 saturated heterocycles. The lowest BCUT2D eigenvalue weighted by molar-refractivity contribution is 0.459. The molecule has 0 radical (unpaired) electrons. The van der Waals surface area contributed by atoms with Crippen LogP contribution in [-0.4, -0.2) is 37.1 Å². The predicted molar refractivity (Wildman–Crippen MR) is 66.7 cm³/mol. The van der Waals surface area contributed by atoms with Gasteiger partial charge in [0.25, 0.3) is 0 Å². The summed E-state index contributed by atoms with van der Waals surface area (Å²) in [4.78, 5) is 4.19. The topological polar surface area (TPSA) is 79.3 Å². The smallest absolute Gasteiger partial charge is 0.147 e. The van der Waals surface area contributed by atoms with Crippen LogP contribution in [0.5, 0.6) is 5.75 Å². The average molecular weight is 258 g/mol. The molecule has 0 spiro atoms. The van der Waals surface area contributed by atoms with E-state index in [0.29, 0.717) is 25.2 Å². The molecule has 0 aliphatic carbocycles. The van der Waals surface area contributed by atoms with E-state index >= 15 is 0 Å². The number of hydrogen-bond acceptors (Lipinski definition) is 5. The standard InChI is InChI=1S/C11H18N2O3S/c1-9-4-5-11(14)10(13-9)8-12-6-3-7-17(2,15)16/h4-5,12,14H,3,6-8H2,1-2H3. The van der Waals surface area contributed by atoms with Crippen LogP contribution in [-0.2, 0) is 16.4 Å². The van der Waals surface area contributed by atoms with Gasteiger partial charge in [-0.1, -0.05) is 0 Å². The summed E-state index contributed by atoms with van der Waals surface area (Å²) in [7, 11) is -2.89. The van der Waals surface area contributed by atoms with E-state index in [-0.39, 0.29) is 11.5 Å². The number of nitrogens with one attached hydrogen (secondary N) is 1. The Balaban J connectivity index is 2.34. The number of aromatic hydroxyl groups is 1. The molecule has 0 unspecified atom stereocenters. The van der Waals surface area contributed by atoms with Crippen LogP contribution in [0.3, 0.4) is 0 Å². The minimum Gasteiger partial charge on any atom is -0.506 e. The Bertz CT molecular complexity index is 472.